The van der Waals surface area contributed by atoms with Crippen molar-refractivity contribution in [2.24, 2.45) is 16.8 Å². The van der Waals surface area contributed by atoms with Crippen LogP contribution in [0.3, 0.4) is 0 Å². The third kappa shape index (κ3) is 4.40. The number of halogens is 1. The zero-order valence-electron chi connectivity index (χ0n) is 10.6. The SMILES string of the molecule is CC(C)CS(=O)(=O)Nc1ccc(/C(N)=N/O)cc1F. The maximum atomic E-state index is 13.7. The van der Waals surface area contributed by atoms with Crippen LogP contribution < -0.4 is 10.5 Å². The fourth-order valence-corrected chi connectivity index (χ4v) is 2.92. The van der Waals surface area contributed by atoms with Crippen LogP contribution >= 0.6 is 0 Å². The predicted molar refractivity (Wildman–Crippen MR) is 71.2 cm³/mol. The van der Waals surface area contributed by atoms with Crippen LogP contribution in [0, 0.1) is 11.7 Å². The molecule has 0 amide bonds. The van der Waals surface area contributed by atoms with Gasteiger partial charge in [0, 0.05) is 5.56 Å². The maximum absolute atomic E-state index is 13.7. The van der Waals surface area contributed by atoms with Gasteiger partial charge in [0.25, 0.3) is 0 Å². The monoisotopic (exact) mass is 289 g/mol. The van der Waals surface area contributed by atoms with Gasteiger partial charge in [-0.05, 0) is 24.1 Å². The molecule has 0 aromatic heterocycles. The highest BCUT2D eigenvalue weighted by Crippen LogP contribution is 2.18. The number of sulfonamides is 1. The van der Waals surface area contributed by atoms with Crippen LogP contribution in [0.15, 0.2) is 23.4 Å². The number of hydrogen-bond acceptors (Lipinski definition) is 4. The van der Waals surface area contributed by atoms with Crippen molar-refractivity contribution >= 4 is 21.5 Å². The van der Waals surface area contributed by atoms with Crippen LogP contribution in [0.1, 0.15) is 19.4 Å². The molecule has 0 aliphatic rings. The molecule has 0 unspecified atom stereocenters. The fraction of sp³-hybridized carbons (Fsp3) is 0.364. The Bertz CT molecular complexity index is 585. The molecule has 8 heteroatoms. The van der Waals surface area contributed by atoms with E-state index >= 15 is 0 Å². The third-order valence-corrected chi connectivity index (χ3v) is 3.83. The van der Waals surface area contributed by atoms with Crippen molar-refractivity contribution in [2.45, 2.75) is 13.8 Å². The molecule has 0 fully saturated rings. The van der Waals surface area contributed by atoms with Gasteiger partial charge >= 0.3 is 0 Å². The normalized spacial score (nSPS) is 12.7. The van der Waals surface area contributed by atoms with E-state index < -0.39 is 15.8 Å². The number of nitrogens with zero attached hydrogens (tertiary/aromatic N) is 1. The summed E-state index contributed by atoms with van der Waals surface area (Å²) in [5, 5.41) is 11.2. The smallest absolute Gasteiger partial charge is 0.233 e. The molecule has 0 saturated carbocycles. The molecule has 0 heterocycles. The van der Waals surface area contributed by atoms with E-state index in [1.54, 1.807) is 13.8 Å². The lowest BCUT2D eigenvalue weighted by Crippen LogP contribution is -2.21. The summed E-state index contributed by atoms with van der Waals surface area (Å²) < 4.78 is 39.2. The lowest BCUT2D eigenvalue weighted by atomic mass is 10.2. The molecule has 1 rings (SSSR count). The van der Waals surface area contributed by atoms with Crippen molar-refractivity contribution in [3.05, 3.63) is 29.6 Å². The molecule has 0 saturated heterocycles. The first kappa shape index (κ1) is 15.2. The molecule has 0 aliphatic heterocycles. The van der Waals surface area contributed by atoms with Crippen LogP contribution in [0.4, 0.5) is 10.1 Å². The van der Waals surface area contributed by atoms with Crippen molar-refractivity contribution in [2.75, 3.05) is 10.5 Å². The Morgan fingerprint density at radius 3 is 2.63 bits per heavy atom. The molecule has 1 aromatic rings. The number of benzene rings is 1. The van der Waals surface area contributed by atoms with E-state index in [1.807, 2.05) is 0 Å². The maximum Gasteiger partial charge on any atom is 0.233 e. The Morgan fingerprint density at radius 2 is 2.16 bits per heavy atom. The van der Waals surface area contributed by atoms with Crippen LogP contribution in [-0.4, -0.2) is 25.2 Å². The molecule has 1 aromatic carbocycles. The summed E-state index contributed by atoms with van der Waals surface area (Å²) in [4.78, 5) is 0. The van der Waals surface area contributed by atoms with Crippen molar-refractivity contribution in [3.63, 3.8) is 0 Å². The second-order valence-corrected chi connectivity index (χ2v) is 6.22. The Kier molecular flexibility index (Phi) is 4.71. The lowest BCUT2D eigenvalue weighted by Gasteiger charge is -2.11. The van der Waals surface area contributed by atoms with Gasteiger partial charge in [0.05, 0.1) is 11.4 Å². The van der Waals surface area contributed by atoms with Gasteiger partial charge in [0.15, 0.2) is 5.84 Å². The van der Waals surface area contributed by atoms with Crippen LogP contribution in [-0.2, 0) is 10.0 Å². The third-order valence-electron chi connectivity index (χ3n) is 2.19. The summed E-state index contributed by atoms with van der Waals surface area (Å²) in [7, 11) is -3.60. The van der Waals surface area contributed by atoms with E-state index in [2.05, 4.69) is 9.88 Å². The number of oxime groups is 1. The first-order valence-electron chi connectivity index (χ1n) is 5.53. The van der Waals surface area contributed by atoms with Crippen LogP contribution in [0.2, 0.25) is 0 Å². The quantitative estimate of drug-likeness (QED) is 0.329. The van der Waals surface area contributed by atoms with Gasteiger partial charge in [-0.15, -0.1) is 0 Å². The van der Waals surface area contributed by atoms with E-state index in [0.29, 0.717) is 0 Å². The van der Waals surface area contributed by atoms with E-state index in [4.69, 9.17) is 10.9 Å². The molecular weight excluding hydrogens is 273 g/mol. The van der Waals surface area contributed by atoms with Gasteiger partial charge in [-0.1, -0.05) is 19.0 Å². The first-order chi connectivity index (χ1) is 8.75. The first-order valence-corrected chi connectivity index (χ1v) is 7.18. The van der Waals surface area contributed by atoms with Gasteiger partial charge in [-0.2, -0.15) is 0 Å². The molecule has 0 spiro atoms. The highest BCUT2D eigenvalue weighted by Gasteiger charge is 2.15. The van der Waals surface area contributed by atoms with Gasteiger partial charge in [0.2, 0.25) is 10.0 Å². The zero-order chi connectivity index (χ0) is 14.6. The van der Waals surface area contributed by atoms with Crippen molar-refractivity contribution in [1.29, 1.82) is 0 Å². The molecule has 0 aliphatic carbocycles. The van der Waals surface area contributed by atoms with Crippen LogP contribution in [0.5, 0.6) is 0 Å². The summed E-state index contributed by atoms with van der Waals surface area (Å²) in [5.41, 5.74) is 5.29. The molecule has 6 nitrogen and oxygen atoms in total. The summed E-state index contributed by atoms with van der Waals surface area (Å²) in [6.07, 6.45) is 0. The van der Waals surface area contributed by atoms with Crippen molar-refractivity contribution < 1.29 is 18.0 Å². The number of hydrogen-bond donors (Lipinski definition) is 3. The Hall–Kier alpha value is -1.83. The van der Waals surface area contributed by atoms with E-state index in [9.17, 15) is 12.8 Å². The van der Waals surface area contributed by atoms with Gasteiger partial charge < -0.3 is 10.9 Å². The average Bonchev–Trinajstić information content (AvgIpc) is 2.28. The minimum absolute atomic E-state index is 0.0722. The summed E-state index contributed by atoms with van der Waals surface area (Å²) in [6.45, 7) is 3.49. The minimum atomic E-state index is -3.60. The number of amidine groups is 1. The van der Waals surface area contributed by atoms with Gasteiger partial charge in [-0.25, -0.2) is 12.8 Å². The van der Waals surface area contributed by atoms with Crippen molar-refractivity contribution in [3.8, 4) is 0 Å². The topological polar surface area (TPSA) is 105 Å². The molecular formula is C11H16FN3O3S. The summed E-state index contributed by atoms with van der Waals surface area (Å²) in [6, 6.07) is 3.56. The molecule has 0 atom stereocenters. The van der Waals surface area contributed by atoms with Crippen molar-refractivity contribution in [1.82, 2.24) is 0 Å². The minimum Gasteiger partial charge on any atom is -0.409 e. The molecule has 0 bridgehead atoms. The fourth-order valence-electron chi connectivity index (χ4n) is 1.46. The van der Waals surface area contributed by atoms with Gasteiger partial charge in [0.1, 0.15) is 5.82 Å². The average molecular weight is 289 g/mol. The standard InChI is InChI=1S/C11H16FN3O3S/c1-7(2)6-19(17,18)15-10-4-3-8(5-9(10)12)11(13)14-16/h3-5,7,15-16H,6H2,1-2H3,(H2,13,14). The van der Waals surface area contributed by atoms with Gasteiger partial charge in [-0.3, -0.25) is 4.72 Å². The number of anilines is 1. The lowest BCUT2D eigenvalue weighted by molar-refractivity contribution is 0.318. The predicted octanol–water partition coefficient (Wildman–Crippen LogP) is 1.32. The Labute approximate surface area is 111 Å². The van der Waals surface area contributed by atoms with E-state index in [1.165, 1.54) is 12.1 Å². The molecule has 106 valence electrons. The number of nitrogens with one attached hydrogen (secondary N) is 1. The second kappa shape index (κ2) is 5.87. The highest BCUT2D eigenvalue weighted by atomic mass is 32.2. The zero-order valence-corrected chi connectivity index (χ0v) is 11.4. The Morgan fingerprint density at radius 1 is 1.53 bits per heavy atom. The molecule has 4 N–H and O–H groups in total. The Balaban J connectivity index is 2.99. The molecule has 0 radical (unpaired) electrons. The van der Waals surface area contributed by atoms with Crippen LogP contribution in [0.25, 0.3) is 0 Å². The molecule has 19 heavy (non-hydrogen) atoms. The van der Waals surface area contributed by atoms with E-state index in [0.717, 1.165) is 6.07 Å². The largest absolute Gasteiger partial charge is 0.409 e. The number of rotatable bonds is 5. The summed E-state index contributed by atoms with van der Waals surface area (Å²) in [5.74, 6) is -1.22. The number of nitrogens with two attached hydrogens (primary N) is 1. The summed E-state index contributed by atoms with van der Waals surface area (Å²) >= 11 is 0. The highest BCUT2D eigenvalue weighted by molar-refractivity contribution is 7.92. The second-order valence-electron chi connectivity index (χ2n) is 4.46. The van der Waals surface area contributed by atoms with E-state index in [-0.39, 0.29) is 28.8 Å².